The fourth-order valence-corrected chi connectivity index (χ4v) is 2.77. The van der Waals surface area contributed by atoms with Gasteiger partial charge in [0.1, 0.15) is 11.6 Å². The monoisotopic (exact) mass is 221 g/mol. The van der Waals surface area contributed by atoms with Gasteiger partial charge in [-0.25, -0.2) is 0 Å². The van der Waals surface area contributed by atoms with Crippen LogP contribution in [0.3, 0.4) is 0 Å². The molecule has 0 saturated carbocycles. The molecule has 4 nitrogen and oxygen atoms in total. The molecule has 1 unspecified atom stereocenters. The maximum Gasteiger partial charge on any atom is 0.136 e. The van der Waals surface area contributed by atoms with E-state index in [4.69, 9.17) is 4.74 Å². The summed E-state index contributed by atoms with van der Waals surface area (Å²) in [5.41, 5.74) is 0. The van der Waals surface area contributed by atoms with Gasteiger partial charge in [-0.15, -0.1) is 10.2 Å². The first kappa shape index (κ1) is 10.3. The van der Waals surface area contributed by atoms with Crippen molar-refractivity contribution in [3.05, 3.63) is 11.6 Å². The molecule has 0 aromatic carbocycles. The average molecular weight is 221 g/mol. The van der Waals surface area contributed by atoms with Crippen molar-refractivity contribution in [3.63, 3.8) is 0 Å². The third-order valence-electron chi connectivity index (χ3n) is 3.80. The molecule has 4 heteroatoms. The quantitative estimate of drug-likeness (QED) is 0.725. The molecule has 0 spiro atoms. The summed E-state index contributed by atoms with van der Waals surface area (Å²) in [5, 5.41) is 8.75. The van der Waals surface area contributed by atoms with E-state index in [9.17, 15) is 0 Å². The van der Waals surface area contributed by atoms with Crippen molar-refractivity contribution in [3.8, 4) is 0 Å². The van der Waals surface area contributed by atoms with Crippen molar-refractivity contribution < 1.29 is 4.74 Å². The van der Waals surface area contributed by atoms with Crippen LogP contribution in [0.4, 0.5) is 0 Å². The zero-order valence-corrected chi connectivity index (χ0v) is 9.85. The second-order valence-corrected chi connectivity index (χ2v) is 5.12. The van der Waals surface area contributed by atoms with Gasteiger partial charge in [0.25, 0.3) is 0 Å². The SMILES string of the molecule is CC1CCc2nnc(C3CCOCC3)n2C1. The van der Waals surface area contributed by atoms with Gasteiger partial charge >= 0.3 is 0 Å². The van der Waals surface area contributed by atoms with Gasteiger partial charge in [-0.2, -0.15) is 0 Å². The molecule has 0 radical (unpaired) electrons. The molecule has 3 heterocycles. The third-order valence-corrected chi connectivity index (χ3v) is 3.80. The van der Waals surface area contributed by atoms with E-state index in [2.05, 4.69) is 21.7 Å². The summed E-state index contributed by atoms with van der Waals surface area (Å²) < 4.78 is 7.77. The maximum atomic E-state index is 5.41. The highest BCUT2D eigenvalue weighted by molar-refractivity contribution is 5.05. The van der Waals surface area contributed by atoms with E-state index in [1.165, 1.54) is 18.1 Å². The summed E-state index contributed by atoms with van der Waals surface area (Å²) in [4.78, 5) is 0. The summed E-state index contributed by atoms with van der Waals surface area (Å²) in [6.07, 6.45) is 4.56. The van der Waals surface area contributed by atoms with E-state index in [1.807, 2.05) is 0 Å². The zero-order chi connectivity index (χ0) is 11.0. The Morgan fingerprint density at radius 2 is 2.00 bits per heavy atom. The van der Waals surface area contributed by atoms with Crippen LogP contribution in [0.15, 0.2) is 0 Å². The standard InChI is InChI=1S/C12H19N3O/c1-9-2-3-11-13-14-12(15(11)8-9)10-4-6-16-7-5-10/h9-10H,2-8H2,1H3. The Kier molecular flexibility index (Phi) is 2.67. The van der Waals surface area contributed by atoms with Crippen LogP contribution in [0.5, 0.6) is 0 Å². The Morgan fingerprint density at radius 3 is 2.81 bits per heavy atom. The first-order chi connectivity index (χ1) is 7.84. The molecular weight excluding hydrogens is 202 g/mol. The van der Waals surface area contributed by atoms with Crippen LogP contribution in [0.1, 0.15) is 43.8 Å². The molecule has 2 aliphatic heterocycles. The molecule has 0 aliphatic carbocycles. The summed E-state index contributed by atoms with van der Waals surface area (Å²) in [5.74, 6) is 3.74. The maximum absolute atomic E-state index is 5.41. The van der Waals surface area contributed by atoms with Crippen LogP contribution in [-0.4, -0.2) is 28.0 Å². The number of hydrogen-bond acceptors (Lipinski definition) is 3. The predicted octanol–water partition coefficient (Wildman–Crippen LogP) is 1.75. The fraction of sp³-hybridized carbons (Fsp3) is 0.833. The number of fused-ring (bicyclic) bond motifs is 1. The van der Waals surface area contributed by atoms with Crippen LogP contribution in [0, 0.1) is 5.92 Å². The van der Waals surface area contributed by atoms with Gasteiger partial charge in [0, 0.05) is 32.1 Å². The molecule has 3 rings (SSSR count). The number of aryl methyl sites for hydroxylation is 1. The lowest BCUT2D eigenvalue weighted by atomic mass is 9.97. The molecule has 0 N–H and O–H groups in total. The second-order valence-electron chi connectivity index (χ2n) is 5.12. The van der Waals surface area contributed by atoms with E-state index >= 15 is 0 Å². The molecule has 2 aliphatic rings. The minimum absolute atomic E-state index is 0.570. The number of aromatic nitrogens is 3. The van der Waals surface area contributed by atoms with Crippen LogP contribution >= 0.6 is 0 Å². The number of hydrogen-bond donors (Lipinski definition) is 0. The van der Waals surface area contributed by atoms with Gasteiger partial charge in [-0.1, -0.05) is 6.92 Å². The van der Waals surface area contributed by atoms with Crippen molar-refractivity contribution in [2.24, 2.45) is 5.92 Å². The zero-order valence-electron chi connectivity index (χ0n) is 9.85. The third kappa shape index (κ3) is 1.75. The largest absolute Gasteiger partial charge is 0.381 e. The van der Waals surface area contributed by atoms with Crippen molar-refractivity contribution in [1.82, 2.24) is 14.8 Å². The van der Waals surface area contributed by atoms with Crippen molar-refractivity contribution in [2.75, 3.05) is 13.2 Å². The Balaban J connectivity index is 1.86. The lowest BCUT2D eigenvalue weighted by Crippen LogP contribution is -2.23. The lowest BCUT2D eigenvalue weighted by Gasteiger charge is -2.25. The summed E-state index contributed by atoms with van der Waals surface area (Å²) in [7, 11) is 0. The molecular formula is C12H19N3O. The first-order valence-corrected chi connectivity index (χ1v) is 6.34. The highest BCUT2D eigenvalue weighted by Crippen LogP contribution is 2.29. The number of nitrogens with zero attached hydrogens (tertiary/aromatic N) is 3. The number of rotatable bonds is 1. The fourth-order valence-electron chi connectivity index (χ4n) is 2.77. The Bertz CT molecular complexity index is 368. The van der Waals surface area contributed by atoms with Crippen LogP contribution in [0.2, 0.25) is 0 Å². The minimum Gasteiger partial charge on any atom is -0.381 e. The Hall–Kier alpha value is -0.900. The van der Waals surface area contributed by atoms with Crippen LogP contribution < -0.4 is 0 Å². The van der Waals surface area contributed by atoms with Gasteiger partial charge in [-0.3, -0.25) is 0 Å². The molecule has 1 aromatic rings. The normalized spacial score (nSPS) is 26.7. The first-order valence-electron chi connectivity index (χ1n) is 6.34. The highest BCUT2D eigenvalue weighted by atomic mass is 16.5. The topological polar surface area (TPSA) is 39.9 Å². The predicted molar refractivity (Wildman–Crippen MR) is 60.3 cm³/mol. The van der Waals surface area contributed by atoms with E-state index in [1.54, 1.807) is 0 Å². The molecule has 1 fully saturated rings. The van der Waals surface area contributed by atoms with Crippen molar-refractivity contribution in [1.29, 1.82) is 0 Å². The highest BCUT2D eigenvalue weighted by Gasteiger charge is 2.26. The summed E-state index contributed by atoms with van der Waals surface area (Å²) >= 11 is 0. The second kappa shape index (κ2) is 4.17. The van der Waals surface area contributed by atoms with E-state index in [0.717, 1.165) is 44.9 Å². The van der Waals surface area contributed by atoms with E-state index < -0.39 is 0 Å². The van der Waals surface area contributed by atoms with Gasteiger partial charge in [-0.05, 0) is 25.2 Å². The molecule has 1 atom stereocenters. The van der Waals surface area contributed by atoms with Crippen LogP contribution in [0.25, 0.3) is 0 Å². The Morgan fingerprint density at radius 1 is 1.19 bits per heavy atom. The average Bonchev–Trinajstić information content (AvgIpc) is 2.73. The van der Waals surface area contributed by atoms with E-state index in [-0.39, 0.29) is 0 Å². The number of ether oxygens (including phenoxy) is 1. The smallest absolute Gasteiger partial charge is 0.136 e. The molecule has 0 amide bonds. The minimum atomic E-state index is 0.570. The van der Waals surface area contributed by atoms with Gasteiger partial charge in [0.05, 0.1) is 0 Å². The molecule has 16 heavy (non-hydrogen) atoms. The molecule has 0 bridgehead atoms. The van der Waals surface area contributed by atoms with Crippen LogP contribution in [-0.2, 0) is 17.7 Å². The van der Waals surface area contributed by atoms with Gasteiger partial charge in [0.15, 0.2) is 0 Å². The van der Waals surface area contributed by atoms with Gasteiger partial charge in [0.2, 0.25) is 0 Å². The van der Waals surface area contributed by atoms with Crippen molar-refractivity contribution >= 4 is 0 Å². The van der Waals surface area contributed by atoms with Crippen molar-refractivity contribution in [2.45, 2.75) is 45.1 Å². The van der Waals surface area contributed by atoms with Gasteiger partial charge < -0.3 is 9.30 Å². The Labute approximate surface area is 96.0 Å². The molecule has 88 valence electrons. The summed E-state index contributed by atoms with van der Waals surface area (Å²) in [6.45, 7) is 5.18. The molecule has 1 aromatic heterocycles. The summed E-state index contributed by atoms with van der Waals surface area (Å²) in [6, 6.07) is 0. The van der Waals surface area contributed by atoms with E-state index in [0.29, 0.717) is 5.92 Å². The lowest BCUT2D eigenvalue weighted by molar-refractivity contribution is 0.0824. The molecule has 1 saturated heterocycles.